The van der Waals surface area contributed by atoms with Gasteiger partial charge in [0.15, 0.2) is 6.61 Å². The molecule has 0 radical (unpaired) electrons. The summed E-state index contributed by atoms with van der Waals surface area (Å²) in [6, 6.07) is 12.9. The van der Waals surface area contributed by atoms with Crippen molar-refractivity contribution < 1.29 is 18.7 Å². The van der Waals surface area contributed by atoms with Gasteiger partial charge in [0.25, 0.3) is 5.91 Å². The van der Waals surface area contributed by atoms with E-state index < -0.39 is 11.9 Å². The van der Waals surface area contributed by atoms with Gasteiger partial charge in [-0.1, -0.05) is 30.3 Å². The Labute approximate surface area is 148 Å². The molecule has 128 valence electrons. The molecule has 0 unspecified atom stereocenters. The highest BCUT2D eigenvalue weighted by Crippen LogP contribution is 2.28. The van der Waals surface area contributed by atoms with E-state index in [-0.39, 0.29) is 13.2 Å². The number of hydrogen-bond acceptors (Lipinski definition) is 6. The number of rotatable bonds is 6. The van der Waals surface area contributed by atoms with Gasteiger partial charge in [0.05, 0.1) is 23.5 Å². The van der Waals surface area contributed by atoms with Crippen LogP contribution in [-0.4, -0.2) is 23.5 Å². The van der Waals surface area contributed by atoms with Gasteiger partial charge in [-0.2, -0.15) is 0 Å². The zero-order valence-corrected chi connectivity index (χ0v) is 14.3. The Morgan fingerprint density at radius 2 is 2.00 bits per heavy atom. The number of aromatic nitrogens is 1. The van der Waals surface area contributed by atoms with Crippen LogP contribution in [-0.2, 0) is 16.1 Å². The first-order chi connectivity index (χ1) is 12.1. The van der Waals surface area contributed by atoms with Crippen LogP contribution in [0.3, 0.4) is 0 Å². The third kappa shape index (κ3) is 4.33. The Hall–Kier alpha value is -2.93. The highest BCUT2D eigenvalue weighted by atomic mass is 32.1. The van der Waals surface area contributed by atoms with Crippen LogP contribution in [0.5, 0.6) is 0 Å². The fourth-order valence-electron chi connectivity index (χ4n) is 2.20. The van der Waals surface area contributed by atoms with Gasteiger partial charge < -0.3 is 14.5 Å². The number of aryl methyl sites for hydroxylation is 1. The van der Waals surface area contributed by atoms with Crippen molar-refractivity contribution in [1.82, 2.24) is 10.3 Å². The minimum absolute atomic E-state index is 0.248. The second kappa shape index (κ2) is 7.76. The smallest absolute Gasteiger partial charge is 0.351 e. The van der Waals surface area contributed by atoms with E-state index in [9.17, 15) is 9.59 Å². The van der Waals surface area contributed by atoms with Crippen LogP contribution in [0, 0.1) is 6.92 Å². The minimum Gasteiger partial charge on any atom is -0.467 e. The van der Waals surface area contributed by atoms with Crippen molar-refractivity contribution in [3.8, 4) is 11.3 Å². The first kappa shape index (κ1) is 16.9. The fourth-order valence-corrected chi connectivity index (χ4v) is 3.04. The molecular weight excluding hydrogens is 340 g/mol. The van der Waals surface area contributed by atoms with Crippen molar-refractivity contribution in [2.45, 2.75) is 13.5 Å². The molecule has 0 aliphatic heterocycles. The molecule has 1 aromatic carbocycles. The number of carbonyl (C=O) groups is 2. The van der Waals surface area contributed by atoms with Crippen molar-refractivity contribution >= 4 is 23.2 Å². The number of nitrogens with zero attached hydrogens (tertiary/aromatic N) is 1. The summed E-state index contributed by atoms with van der Waals surface area (Å²) in [5.74, 6) is -0.325. The van der Waals surface area contributed by atoms with Gasteiger partial charge in [0.2, 0.25) is 0 Å². The van der Waals surface area contributed by atoms with E-state index in [1.54, 1.807) is 12.1 Å². The maximum Gasteiger partial charge on any atom is 0.351 e. The summed E-state index contributed by atoms with van der Waals surface area (Å²) in [5.41, 5.74) is 1.41. The summed E-state index contributed by atoms with van der Waals surface area (Å²) in [4.78, 5) is 28.9. The van der Waals surface area contributed by atoms with E-state index in [1.807, 2.05) is 37.3 Å². The standard InChI is InChI=1S/C18H16N2O4S/c1-12-20-16(13-6-3-2-4-7-13)17(25-12)18(22)24-11-15(21)19-10-14-8-5-9-23-14/h2-9H,10-11H2,1H3,(H,19,21). The lowest BCUT2D eigenvalue weighted by Crippen LogP contribution is -2.28. The Balaban J connectivity index is 1.61. The van der Waals surface area contributed by atoms with Gasteiger partial charge in [-0.25, -0.2) is 9.78 Å². The van der Waals surface area contributed by atoms with Crippen LogP contribution in [0.2, 0.25) is 0 Å². The third-order valence-corrected chi connectivity index (χ3v) is 4.29. The van der Waals surface area contributed by atoms with Gasteiger partial charge in [-0.05, 0) is 19.1 Å². The van der Waals surface area contributed by atoms with Gasteiger partial charge in [-0.15, -0.1) is 11.3 Å². The normalized spacial score (nSPS) is 10.4. The first-order valence-electron chi connectivity index (χ1n) is 7.62. The molecule has 0 aliphatic carbocycles. The summed E-state index contributed by atoms with van der Waals surface area (Å²) in [6.07, 6.45) is 1.53. The van der Waals surface area contributed by atoms with E-state index in [4.69, 9.17) is 9.15 Å². The van der Waals surface area contributed by atoms with Crippen LogP contribution in [0.1, 0.15) is 20.4 Å². The van der Waals surface area contributed by atoms with Crippen molar-refractivity contribution in [2.24, 2.45) is 0 Å². The average molecular weight is 356 g/mol. The fraction of sp³-hybridized carbons (Fsp3) is 0.167. The number of carbonyl (C=O) groups excluding carboxylic acids is 2. The van der Waals surface area contributed by atoms with E-state index in [0.29, 0.717) is 16.3 Å². The Kier molecular flexibility index (Phi) is 5.25. The lowest BCUT2D eigenvalue weighted by Gasteiger charge is -2.06. The number of nitrogens with one attached hydrogen (secondary N) is 1. The number of benzene rings is 1. The molecule has 0 saturated carbocycles. The Morgan fingerprint density at radius 1 is 1.20 bits per heavy atom. The molecule has 0 fully saturated rings. The Morgan fingerprint density at radius 3 is 2.72 bits per heavy atom. The zero-order valence-electron chi connectivity index (χ0n) is 13.5. The second-order valence-corrected chi connectivity index (χ2v) is 6.41. The van der Waals surface area contributed by atoms with E-state index in [2.05, 4.69) is 10.3 Å². The van der Waals surface area contributed by atoms with E-state index in [0.717, 1.165) is 10.6 Å². The minimum atomic E-state index is -0.558. The van der Waals surface area contributed by atoms with Crippen LogP contribution in [0.15, 0.2) is 53.1 Å². The predicted octanol–water partition coefficient (Wildman–Crippen LogP) is 3.18. The molecule has 3 rings (SSSR count). The lowest BCUT2D eigenvalue weighted by atomic mass is 10.1. The van der Waals surface area contributed by atoms with Crippen LogP contribution in [0.4, 0.5) is 0 Å². The molecule has 0 atom stereocenters. The molecule has 25 heavy (non-hydrogen) atoms. The van der Waals surface area contributed by atoms with Crippen LogP contribution in [0.25, 0.3) is 11.3 Å². The molecular formula is C18H16N2O4S. The number of furan rings is 1. The highest BCUT2D eigenvalue weighted by molar-refractivity contribution is 7.14. The summed E-state index contributed by atoms with van der Waals surface area (Å²) in [6.45, 7) is 1.72. The van der Waals surface area contributed by atoms with Crippen molar-refractivity contribution in [1.29, 1.82) is 0 Å². The van der Waals surface area contributed by atoms with Crippen LogP contribution >= 0.6 is 11.3 Å². The van der Waals surface area contributed by atoms with Gasteiger partial charge in [0, 0.05) is 5.56 Å². The highest BCUT2D eigenvalue weighted by Gasteiger charge is 2.20. The zero-order chi connectivity index (χ0) is 17.6. The molecule has 3 aromatic rings. The van der Waals surface area contributed by atoms with Crippen molar-refractivity contribution in [3.05, 3.63) is 64.4 Å². The van der Waals surface area contributed by atoms with Gasteiger partial charge >= 0.3 is 5.97 Å². The maximum absolute atomic E-state index is 12.3. The topological polar surface area (TPSA) is 81.4 Å². The molecule has 0 bridgehead atoms. The number of thiazole rings is 1. The SMILES string of the molecule is Cc1nc(-c2ccccc2)c(C(=O)OCC(=O)NCc2ccco2)s1. The molecule has 1 amide bonds. The average Bonchev–Trinajstić information content (AvgIpc) is 3.28. The van der Waals surface area contributed by atoms with E-state index in [1.165, 1.54) is 17.6 Å². The number of esters is 1. The molecule has 2 heterocycles. The monoisotopic (exact) mass is 356 g/mol. The summed E-state index contributed by atoms with van der Waals surface area (Å²) >= 11 is 1.25. The van der Waals surface area contributed by atoms with Gasteiger partial charge in [0.1, 0.15) is 10.6 Å². The number of amides is 1. The molecule has 2 aromatic heterocycles. The van der Waals surface area contributed by atoms with Gasteiger partial charge in [-0.3, -0.25) is 4.79 Å². The predicted molar refractivity (Wildman–Crippen MR) is 93.1 cm³/mol. The number of hydrogen-bond donors (Lipinski definition) is 1. The number of ether oxygens (including phenoxy) is 1. The first-order valence-corrected chi connectivity index (χ1v) is 8.44. The maximum atomic E-state index is 12.3. The Bertz CT molecular complexity index is 857. The molecule has 0 aliphatic rings. The van der Waals surface area contributed by atoms with Crippen LogP contribution < -0.4 is 5.32 Å². The largest absolute Gasteiger partial charge is 0.467 e. The summed E-state index contributed by atoms with van der Waals surface area (Å²) in [5, 5.41) is 3.38. The molecule has 7 heteroatoms. The molecule has 0 spiro atoms. The van der Waals surface area contributed by atoms with E-state index >= 15 is 0 Å². The summed E-state index contributed by atoms with van der Waals surface area (Å²) in [7, 11) is 0. The quantitative estimate of drug-likeness (QED) is 0.686. The van der Waals surface area contributed by atoms with Crippen molar-refractivity contribution in [3.63, 3.8) is 0 Å². The lowest BCUT2D eigenvalue weighted by molar-refractivity contribution is -0.124. The van der Waals surface area contributed by atoms with Crippen molar-refractivity contribution in [2.75, 3.05) is 6.61 Å². The second-order valence-electron chi connectivity index (χ2n) is 5.21. The summed E-state index contributed by atoms with van der Waals surface area (Å²) < 4.78 is 10.2. The molecule has 0 saturated heterocycles. The molecule has 6 nitrogen and oxygen atoms in total. The third-order valence-electron chi connectivity index (χ3n) is 3.34. The molecule has 1 N–H and O–H groups in total.